The van der Waals surface area contributed by atoms with Crippen LogP contribution in [0.4, 0.5) is 0 Å². The van der Waals surface area contributed by atoms with Crippen molar-refractivity contribution in [1.82, 2.24) is 0 Å². The molecule has 1 atom stereocenters. The number of rotatable bonds is 4. The second-order valence-corrected chi connectivity index (χ2v) is 4.61. The van der Waals surface area contributed by atoms with E-state index in [-0.39, 0.29) is 0 Å². The van der Waals surface area contributed by atoms with E-state index in [4.69, 9.17) is 11.6 Å². The summed E-state index contributed by atoms with van der Waals surface area (Å²) in [6, 6.07) is 0. The molecule has 0 aromatic carbocycles. The van der Waals surface area contributed by atoms with Crippen LogP contribution in [0.1, 0.15) is 51.9 Å². The molecule has 0 spiro atoms. The third kappa shape index (κ3) is 4.00. The first-order valence-electron chi connectivity index (χ1n) is 4.93. The predicted molar refractivity (Wildman–Crippen MR) is 51.1 cm³/mol. The van der Waals surface area contributed by atoms with Gasteiger partial charge in [-0.3, -0.25) is 0 Å². The maximum atomic E-state index is 5.86. The Hall–Kier alpha value is 0.290. The van der Waals surface area contributed by atoms with Gasteiger partial charge in [0.15, 0.2) is 0 Å². The highest BCUT2D eigenvalue weighted by Crippen LogP contribution is 2.29. The summed E-state index contributed by atoms with van der Waals surface area (Å²) in [5.74, 6) is 1.05. The Bertz CT molecular complexity index is 93.0. The largest absolute Gasteiger partial charge is 0.123 e. The van der Waals surface area contributed by atoms with Crippen LogP contribution < -0.4 is 0 Å². The van der Waals surface area contributed by atoms with Crippen LogP contribution in [0.3, 0.4) is 0 Å². The molecule has 1 heteroatoms. The molecule has 66 valence electrons. The molecule has 0 aromatic rings. The highest BCUT2D eigenvalue weighted by atomic mass is 35.5. The van der Waals surface area contributed by atoms with E-state index in [9.17, 15) is 0 Å². The van der Waals surface area contributed by atoms with Crippen LogP contribution in [-0.4, -0.2) is 5.38 Å². The van der Waals surface area contributed by atoms with Crippen LogP contribution in [0.2, 0.25) is 0 Å². The third-order valence-corrected chi connectivity index (χ3v) is 2.91. The first-order chi connectivity index (χ1) is 5.29. The molecular formula is C10H19Cl. The van der Waals surface area contributed by atoms with Crippen molar-refractivity contribution in [3.8, 4) is 0 Å². The van der Waals surface area contributed by atoms with Gasteiger partial charge in [0.05, 0.1) is 0 Å². The van der Waals surface area contributed by atoms with Crippen molar-refractivity contribution in [2.24, 2.45) is 5.92 Å². The molecule has 1 aliphatic rings. The van der Waals surface area contributed by atoms with Crippen molar-refractivity contribution < 1.29 is 0 Å². The fraction of sp³-hybridized carbons (Fsp3) is 1.00. The van der Waals surface area contributed by atoms with Crippen LogP contribution in [0.25, 0.3) is 0 Å². The summed E-state index contributed by atoms with van der Waals surface area (Å²) in [6.45, 7) is 2.09. The van der Waals surface area contributed by atoms with E-state index < -0.39 is 0 Å². The second kappa shape index (κ2) is 5.03. The molecule has 1 saturated carbocycles. The van der Waals surface area contributed by atoms with E-state index in [2.05, 4.69) is 6.92 Å². The number of hydrogen-bond acceptors (Lipinski definition) is 0. The van der Waals surface area contributed by atoms with Crippen LogP contribution in [0.5, 0.6) is 0 Å². The Kier molecular flexibility index (Phi) is 4.29. The molecule has 1 aliphatic carbocycles. The molecule has 0 bridgehead atoms. The van der Waals surface area contributed by atoms with Gasteiger partial charge in [-0.1, -0.05) is 38.5 Å². The van der Waals surface area contributed by atoms with Crippen molar-refractivity contribution in [2.75, 3.05) is 0 Å². The molecule has 0 aliphatic heterocycles. The highest BCUT2D eigenvalue weighted by Gasteiger charge is 2.14. The van der Waals surface area contributed by atoms with Crippen molar-refractivity contribution in [1.29, 1.82) is 0 Å². The average Bonchev–Trinajstić information content (AvgIpc) is 2.39. The summed E-state index contributed by atoms with van der Waals surface area (Å²) in [5.41, 5.74) is 0. The van der Waals surface area contributed by atoms with E-state index in [0.29, 0.717) is 5.38 Å². The molecule has 11 heavy (non-hydrogen) atoms. The number of halogens is 1. The van der Waals surface area contributed by atoms with Gasteiger partial charge in [-0.15, -0.1) is 11.6 Å². The minimum absolute atomic E-state index is 0.386. The van der Waals surface area contributed by atoms with Crippen LogP contribution in [0, 0.1) is 5.92 Å². The van der Waals surface area contributed by atoms with Gasteiger partial charge >= 0.3 is 0 Å². The lowest BCUT2D eigenvalue weighted by molar-refractivity contribution is 0.473. The Morgan fingerprint density at radius 1 is 1.36 bits per heavy atom. The van der Waals surface area contributed by atoms with Crippen LogP contribution in [-0.2, 0) is 0 Å². The Balaban J connectivity index is 1.94. The van der Waals surface area contributed by atoms with Crippen molar-refractivity contribution in [2.45, 2.75) is 57.2 Å². The normalized spacial score (nSPS) is 22.4. The summed E-state index contributed by atoms with van der Waals surface area (Å²) in [4.78, 5) is 0. The zero-order chi connectivity index (χ0) is 8.10. The zero-order valence-electron chi connectivity index (χ0n) is 7.48. The monoisotopic (exact) mass is 174 g/mol. The molecule has 0 nitrogen and oxygen atoms in total. The van der Waals surface area contributed by atoms with Gasteiger partial charge in [-0.2, -0.15) is 0 Å². The lowest BCUT2D eigenvalue weighted by atomic mass is 10.0. The summed E-state index contributed by atoms with van der Waals surface area (Å²) in [5, 5.41) is 0.386. The lowest BCUT2D eigenvalue weighted by Gasteiger charge is -2.08. The SMILES string of the molecule is CC(Cl)CCCC1CCCC1. The average molecular weight is 175 g/mol. The summed E-state index contributed by atoms with van der Waals surface area (Å²) in [6.07, 6.45) is 9.89. The number of hydrogen-bond donors (Lipinski definition) is 0. The first kappa shape index (κ1) is 9.38. The maximum absolute atomic E-state index is 5.86. The topological polar surface area (TPSA) is 0 Å². The third-order valence-electron chi connectivity index (χ3n) is 2.69. The summed E-state index contributed by atoms with van der Waals surface area (Å²) in [7, 11) is 0. The van der Waals surface area contributed by atoms with E-state index >= 15 is 0 Å². The van der Waals surface area contributed by atoms with Crippen molar-refractivity contribution in [3.63, 3.8) is 0 Å². The minimum atomic E-state index is 0.386. The molecule has 0 aromatic heterocycles. The molecular weight excluding hydrogens is 156 g/mol. The van der Waals surface area contributed by atoms with Gasteiger partial charge in [0.2, 0.25) is 0 Å². The fourth-order valence-corrected chi connectivity index (χ4v) is 2.14. The van der Waals surface area contributed by atoms with Gasteiger partial charge < -0.3 is 0 Å². The molecule has 0 amide bonds. The lowest BCUT2D eigenvalue weighted by Crippen LogP contribution is -1.96. The molecule has 1 fully saturated rings. The van der Waals surface area contributed by atoms with Gasteiger partial charge in [-0.25, -0.2) is 0 Å². The molecule has 0 N–H and O–H groups in total. The van der Waals surface area contributed by atoms with Gasteiger partial charge in [0.1, 0.15) is 0 Å². The van der Waals surface area contributed by atoms with Crippen LogP contribution in [0.15, 0.2) is 0 Å². The van der Waals surface area contributed by atoms with E-state index in [1.54, 1.807) is 0 Å². The van der Waals surface area contributed by atoms with Gasteiger partial charge in [-0.05, 0) is 19.3 Å². The fourth-order valence-electron chi connectivity index (χ4n) is 1.99. The van der Waals surface area contributed by atoms with E-state index in [0.717, 1.165) is 5.92 Å². The van der Waals surface area contributed by atoms with E-state index in [1.807, 2.05) is 0 Å². The number of alkyl halides is 1. The Labute approximate surface area is 75.3 Å². The van der Waals surface area contributed by atoms with E-state index in [1.165, 1.54) is 44.9 Å². The molecule has 0 radical (unpaired) electrons. The standard InChI is InChI=1S/C10H19Cl/c1-9(11)5-4-8-10-6-2-3-7-10/h9-10H,2-8H2,1H3. The van der Waals surface area contributed by atoms with Gasteiger partial charge in [0.25, 0.3) is 0 Å². The van der Waals surface area contributed by atoms with Crippen molar-refractivity contribution in [3.05, 3.63) is 0 Å². The first-order valence-corrected chi connectivity index (χ1v) is 5.36. The maximum Gasteiger partial charge on any atom is 0.0307 e. The summed E-state index contributed by atoms with van der Waals surface area (Å²) < 4.78 is 0. The van der Waals surface area contributed by atoms with Gasteiger partial charge in [0, 0.05) is 5.38 Å². The molecule has 0 heterocycles. The smallest absolute Gasteiger partial charge is 0.0307 e. The summed E-state index contributed by atoms with van der Waals surface area (Å²) >= 11 is 5.86. The highest BCUT2D eigenvalue weighted by molar-refractivity contribution is 6.20. The van der Waals surface area contributed by atoms with Crippen molar-refractivity contribution >= 4 is 11.6 Å². The molecule has 0 saturated heterocycles. The molecule has 1 rings (SSSR count). The minimum Gasteiger partial charge on any atom is -0.123 e. The second-order valence-electron chi connectivity index (χ2n) is 3.86. The zero-order valence-corrected chi connectivity index (χ0v) is 8.24. The quantitative estimate of drug-likeness (QED) is 0.566. The Morgan fingerprint density at radius 2 is 2.00 bits per heavy atom. The Morgan fingerprint density at radius 3 is 2.55 bits per heavy atom. The van der Waals surface area contributed by atoms with Crippen LogP contribution >= 0.6 is 11.6 Å². The predicted octanol–water partition coefficient (Wildman–Crippen LogP) is 3.97. The molecule has 1 unspecified atom stereocenters.